The number of fused-ring (bicyclic) bond motifs is 2. The number of para-hydroxylation sites is 2. The molecule has 7 nitrogen and oxygen atoms in total. The Morgan fingerprint density at radius 1 is 0.903 bits per heavy atom. The van der Waals surface area contributed by atoms with Crippen molar-refractivity contribution in [1.82, 2.24) is 19.5 Å². The van der Waals surface area contributed by atoms with E-state index < -0.39 is 0 Å². The second kappa shape index (κ2) is 7.60. The van der Waals surface area contributed by atoms with Crippen molar-refractivity contribution in [2.45, 2.75) is 13.5 Å². The van der Waals surface area contributed by atoms with Gasteiger partial charge in [0.25, 0.3) is 0 Å². The molecule has 0 unspecified atom stereocenters. The minimum Gasteiger partial charge on any atom is -0.494 e. The molecule has 5 aromatic rings. The van der Waals surface area contributed by atoms with Crippen molar-refractivity contribution >= 4 is 33.7 Å². The Hall–Kier alpha value is -4.13. The van der Waals surface area contributed by atoms with Gasteiger partial charge in [0.15, 0.2) is 0 Å². The lowest BCUT2D eigenvalue weighted by molar-refractivity contribution is 0.419. The van der Waals surface area contributed by atoms with Gasteiger partial charge in [-0.15, -0.1) is 0 Å². The summed E-state index contributed by atoms with van der Waals surface area (Å²) in [5, 5.41) is 4.33. The Balaban J connectivity index is 1.71. The van der Waals surface area contributed by atoms with E-state index in [0.29, 0.717) is 35.5 Å². The van der Waals surface area contributed by atoms with E-state index in [1.54, 1.807) is 11.7 Å². The molecular formula is C24H22N6O. The van der Waals surface area contributed by atoms with E-state index in [1.807, 2.05) is 61.5 Å². The SMILES string of the molecule is COc1cccc2c(NCc3ccccc3)nc(-n3c(N)nc4c(C)cccc43)nc12. The van der Waals surface area contributed by atoms with Crippen LogP contribution < -0.4 is 15.8 Å². The lowest BCUT2D eigenvalue weighted by Gasteiger charge is -2.14. The predicted octanol–water partition coefficient (Wildman–Crippen LogP) is 4.48. The van der Waals surface area contributed by atoms with Crippen LogP contribution in [0.25, 0.3) is 27.9 Å². The van der Waals surface area contributed by atoms with Gasteiger partial charge in [-0.05, 0) is 36.2 Å². The summed E-state index contributed by atoms with van der Waals surface area (Å²) in [5.74, 6) is 2.16. The van der Waals surface area contributed by atoms with E-state index in [1.165, 1.54) is 0 Å². The van der Waals surface area contributed by atoms with E-state index in [4.69, 9.17) is 20.4 Å². The molecule has 2 aromatic heterocycles. The van der Waals surface area contributed by atoms with Crippen molar-refractivity contribution in [3.63, 3.8) is 0 Å². The summed E-state index contributed by atoms with van der Waals surface area (Å²) in [6.07, 6.45) is 0. The summed E-state index contributed by atoms with van der Waals surface area (Å²) < 4.78 is 7.36. The number of imidazole rings is 1. The van der Waals surface area contributed by atoms with Crippen LogP contribution in [-0.4, -0.2) is 26.6 Å². The molecule has 7 heteroatoms. The van der Waals surface area contributed by atoms with Gasteiger partial charge in [0.1, 0.15) is 17.1 Å². The average Bonchev–Trinajstić information content (AvgIpc) is 3.14. The molecule has 154 valence electrons. The monoisotopic (exact) mass is 410 g/mol. The topological polar surface area (TPSA) is 90.9 Å². The molecule has 0 bridgehead atoms. The zero-order chi connectivity index (χ0) is 21.4. The normalized spacial score (nSPS) is 11.2. The highest BCUT2D eigenvalue weighted by Gasteiger charge is 2.17. The molecule has 0 aliphatic carbocycles. The fraction of sp³-hybridized carbons (Fsp3) is 0.125. The van der Waals surface area contributed by atoms with Gasteiger partial charge in [-0.25, -0.2) is 14.5 Å². The van der Waals surface area contributed by atoms with Gasteiger partial charge in [0.05, 0.1) is 18.1 Å². The summed E-state index contributed by atoms with van der Waals surface area (Å²) in [5.41, 5.74) is 10.9. The first kappa shape index (κ1) is 18.9. The number of hydrogen-bond donors (Lipinski definition) is 2. The maximum atomic E-state index is 6.30. The Bertz CT molecular complexity index is 1390. The molecule has 3 aromatic carbocycles. The Morgan fingerprint density at radius 2 is 1.71 bits per heavy atom. The third-order valence-electron chi connectivity index (χ3n) is 5.31. The summed E-state index contributed by atoms with van der Waals surface area (Å²) in [6, 6.07) is 21.9. The molecule has 0 atom stereocenters. The highest BCUT2D eigenvalue weighted by Crippen LogP contribution is 2.31. The molecule has 0 spiro atoms. The van der Waals surface area contributed by atoms with Crippen molar-refractivity contribution in [2.24, 2.45) is 0 Å². The number of methoxy groups -OCH3 is 1. The van der Waals surface area contributed by atoms with Crippen LogP contribution in [0.3, 0.4) is 0 Å². The molecule has 0 aliphatic rings. The number of nitrogens with two attached hydrogens (primary N) is 1. The number of hydrogen-bond acceptors (Lipinski definition) is 6. The smallest absolute Gasteiger partial charge is 0.239 e. The third kappa shape index (κ3) is 3.30. The molecule has 0 amide bonds. The molecule has 5 rings (SSSR count). The van der Waals surface area contributed by atoms with Crippen LogP contribution in [0.4, 0.5) is 11.8 Å². The van der Waals surface area contributed by atoms with Crippen molar-refractivity contribution in [3.8, 4) is 11.7 Å². The quantitative estimate of drug-likeness (QED) is 0.444. The number of nitrogen functional groups attached to an aromatic ring is 1. The van der Waals surface area contributed by atoms with E-state index in [-0.39, 0.29) is 0 Å². The molecule has 0 saturated carbocycles. The van der Waals surface area contributed by atoms with Crippen LogP contribution in [0.5, 0.6) is 5.75 Å². The molecular weight excluding hydrogens is 388 g/mol. The second-order valence-corrected chi connectivity index (χ2v) is 7.32. The molecule has 2 heterocycles. The fourth-order valence-electron chi connectivity index (χ4n) is 3.76. The number of rotatable bonds is 5. The van der Waals surface area contributed by atoms with E-state index in [9.17, 15) is 0 Å². The van der Waals surface area contributed by atoms with Gasteiger partial charge in [-0.2, -0.15) is 4.98 Å². The Kier molecular flexibility index (Phi) is 4.63. The predicted molar refractivity (Wildman–Crippen MR) is 124 cm³/mol. The Labute approximate surface area is 179 Å². The van der Waals surface area contributed by atoms with Crippen LogP contribution in [0.15, 0.2) is 66.7 Å². The fourth-order valence-corrected chi connectivity index (χ4v) is 3.76. The lowest BCUT2D eigenvalue weighted by Crippen LogP contribution is -2.10. The van der Waals surface area contributed by atoms with Crippen LogP contribution in [-0.2, 0) is 6.54 Å². The van der Waals surface area contributed by atoms with Crippen LogP contribution in [0.2, 0.25) is 0 Å². The first-order chi connectivity index (χ1) is 15.2. The minimum absolute atomic E-state index is 0.340. The molecule has 0 radical (unpaired) electrons. The minimum atomic E-state index is 0.340. The standard InChI is InChI=1S/C24H22N6O/c1-15-8-6-12-18-20(15)27-23(25)30(18)24-28-21-17(11-7-13-19(21)31-2)22(29-24)26-14-16-9-4-3-5-10-16/h3-13H,14H2,1-2H3,(H2,25,27)(H,26,28,29). The highest BCUT2D eigenvalue weighted by atomic mass is 16.5. The van der Waals surface area contributed by atoms with E-state index in [0.717, 1.165) is 27.5 Å². The Morgan fingerprint density at radius 3 is 2.52 bits per heavy atom. The first-order valence-corrected chi connectivity index (χ1v) is 10.0. The van der Waals surface area contributed by atoms with Crippen LogP contribution in [0, 0.1) is 6.92 Å². The van der Waals surface area contributed by atoms with Crippen LogP contribution in [0.1, 0.15) is 11.1 Å². The van der Waals surface area contributed by atoms with Gasteiger partial charge in [-0.1, -0.05) is 48.5 Å². The van der Waals surface area contributed by atoms with Crippen LogP contribution >= 0.6 is 0 Å². The largest absolute Gasteiger partial charge is 0.494 e. The number of ether oxygens (including phenoxy) is 1. The summed E-state index contributed by atoms with van der Waals surface area (Å²) in [7, 11) is 1.64. The van der Waals surface area contributed by atoms with Gasteiger partial charge in [0.2, 0.25) is 11.9 Å². The highest BCUT2D eigenvalue weighted by molar-refractivity contribution is 5.94. The van der Waals surface area contributed by atoms with Gasteiger partial charge in [0, 0.05) is 11.9 Å². The average molecular weight is 410 g/mol. The van der Waals surface area contributed by atoms with Crippen molar-refractivity contribution < 1.29 is 4.74 Å². The number of aromatic nitrogens is 4. The van der Waals surface area contributed by atoms with Crippen molar-refractivity contribution in [3.05, 3.63) is 77.9 Å². The maximum absolute atomic E-state index is 6.30. The molecule has 0 saturated heterocycles. The zero-order valence-corrected chi connectivity index (χ0v) is 17.3. The second-order valence-electron chi connectivity index (χ2n) is 7.32. The van der Waals surface area contributed by atoms with E-state index >= 15 is 0 Å². The van der Waals surface area contributed by atoms with Gasteiger partial charge < -0.3 is 15.8 Å². The van der Waals surface area contributed by atoms with Gasteiger partial charge >= 0.3 is 0 Å². The molecule has 0 aliphatic heterocycles. The molecule has 0 fully saturated rings. The van der Waals surface area contributed by atoms with Crippen molar-refractivity contribution in [1.29, 1.82) is 0 Å². The van der Waals surface area contributed by atoms with E-state index in [2.05, 4.69) is 22.4 Å². The summed E-state index contributed by atoms with van der Waals surface area (Å²) in [4.78, 5) is 14.2. The number of nitrogens with zero attached hydrogens (tertiary/aromatic N) is 4. The summed E-state index contributed by atoms with van der Waals surface area (Å²) in [6.45, 7) is 2.64. The third-order valence-corrected chi connectivity index (χ3v) is 5.31. The number of benzene rings is 3. The molecule has 31 heavy (non-hydrogen) atoms. The zero-order valence-electron chi connectivity index (χ0n) is 17.3. The summed E-state index contributed by atoms with van der Waals surface area (Å²) >= 11 is 0. The number of aryl methyl sites for hydroxylation is 1. The maximum Gasteiger partial charge on any atom is 0.239 e. The molecule has 3 N–H and O–H groups in total. The van der Waals surface area contributed by atoms with Crippen molar-refractivity contribution in [2.75, 3.05) is 18.2 Å². The lowest BCUT2D eigenvalue weighted by atomic mass is 10.2. The number of anilines is 2. The first-order valence-electron chi connectivity index (χ1n) is 10.0. The number of nitrogens with one attached hydrogen (secondary N) is 1. The van der Waals surface area contributed by atoms with Gasteiger partial charge in [-0.3, -0.25) is 0 Å².